The normalized spacial score (nSPS) is 15.2. The van der Waals surface area contributed by atoms with Crippen LogP contribution in [0.15, 0.2) is 80.1 Å². The molecular formula is C29H22FN2O6S-. The van der Waals surface area contributed by atoms with Crippen LogP contribution in [0.1, 0.15) is 47.1 Å². The molecule has 8 nitrogen and oxygen atoms in total. The Bertz CT molecular complexity index is 1830. The lowest BCUT2D eigenvalue weighted by Gasteiger charge is -2.24. The van der Waals surface area contributed by atoms with Crippen molar-refractivity contribution in [2.24, 2.45) is 4.99 Å². The van der Waals surface area contributed by atoms with E-state index in [1.165, 1.54) is 34.9 Å². The van der Waals surface area contributed by atoms with E-state index in [2.05, 4.69) is 4.99 Å². The molecule has 0 bridgehead atoms. The van der Waals surface area contributed by atoms with E-state index in [0.717, 1.165) is 11.3 Å². The predicted octanol–water partition coefficient (Wildman–Crippen LogP) is 2.87. The fourth-order valence-corrected chi connectivity index (χ4v) is 5.61. The topological polar surface area (TPSA) is 114 Å². The number of ether oxygens (including phenoxy) is 1. The first-order chi connectivity index (χ1) is 18.7. The van der Waals surface area contributed by atoms with Crippen molar-refractivity contribution < 1.29 is 28.2 Å². The number of carbonyl (C=O) groups is 2. The van der Waals surface area contributed by atoms with Crippen LogP contribution in [0.25, 0.3) is 17.4 Å². The summed E-state index contributed by atoms with van der Waals surface area (Å²) in [6.45, 7) is 5.16. The van der Waals surface area contributed by atoms with Gasteiger partial charge in [-0.1, -0.05) is 41.7 Å². The number of benzene rings is 2. The van der Waals surface area contributed by atoms with Crippen molar-refractivity contribution >= 4 is 29.4 Å². The zero-order valence-electron chi connectivity index (χ0n) is 21.2. The Morgan fingerprint density at radius 1 is 1.15 bits per heavy atom. The predicted molar refractivity (Wildman–Crippen MR) is 140 cm³/mol. The monoisotopic (exact) mass is 545 g/mol. The standard InChI is InChI=1S/C29H23FN2O6S/c1-4-37-28(36)24-16(3)31-29-32(25(24)17-8-10-18(30)11-9-17)26(33)23(39-29)14-19-12-13-22(38-19)20-6-5-7-21(15(20)2)27(34)35/h5-14,25H,4H2,1-3H3,(H,34,35)/p-1/b23-14-/t25-/m1/s1. The van der Waals surface area contributed by atoms with Crippen LogP contribution in [0.5, 0.6) is 0 Å². The third-order valence-corrected chi connectivity index (χ3v) is 7.41. The number of carboxylic acids is 1. The third kappa shape index (κ3) is 4.74. The van der Waals surface area contributed by atoms with Crippen molar-refractivity contribution in [3.8, 4) is 11.3 Å². The average Bonchev–Trinajstić information content (AvgIpc) is 3.48. The second-order valence-electron chi connectivity index (χ2n) is 8.82. The van der Waals surface area contributed by atoms with Gasteiger partial charge in [-0.15, -0.1) is 0 Å². The van der Waals surface area contributed by atoms with E-state index in [9.17, 15) is 23.9 Å². The molecular weight excluding hydrogens is 523 g/mol. The average molecular weight is 546 g/mol. The van der Waals surface area contributed by atoms with Crippen molar-refractivity contribution in [1.82, 2.24) is 4.57 Å². The molecule has 0 saturated carbocycles. The summed E-state index contributed by atoms with van der Waals surface area (Å²) in [5, 5.41) is 11.4. The van der Waals surface area contributed by atoms with E-state index >= 15 is 0 Å². The van der Waals surface area contributed by atoms with Crippen LogP contribution < -0.4 is 20.0 Å². The number of fused-ring (bicyclic) bond motifs is 1. The first kappa shape index (κ1) is 26.1. The number of aromatic carboxylic acids is 1. The molecule has 0 unspecified atom stereocenters. The molecule has 0 saturated heterocycles. The molecule has 0 aliphatic carbocycles. The maximum Gasteiger partial charge on any atom is 0.338 e. The fourth-order valence-electron chi connectivity index (χ4n) is 4.58. The summed E-state index contributed by atoms with van der Waals surface area (Å²) in [6.07, 6.45) is 1.57. The lowest BCUT2D eigenvalue weighted by molar-refractivity contribution is -0.255. The van der Waals surface area contributed by atoms with Crippen LogP contribution in [0.4, 0.5) is 4.39 Å². The third-order valence-electron chi connectivity index (χ3n) is 6.42. The summed E-state index contributed by atoms with van der Waals surface area (Å²) in [4.78, 5) is 42.9. The number of furan rings is 1. The number of thiazole rings is 1. The first-order valence-electron chi connectivity index (χ1n) is 12.1. The molecule has 5 rings (SSSR count). The number of hydrogen-bond acceptors (Lipinski definition) is 8. The van der Waals surface area contributed by atoms with Gasteiger partial charge in [0.1, 0.15) is 17.3 Å². The Morgan fingerprint density at radius 2 is 1.90 bits per heavy atom. The van der Waals surface area contributed by atoms with Crippen molar-refractivity contribution in [3.63, 3.8) is 0 Å². The van der Waals surface area contributed by atoms with E-state index in [-0.39, 0.29) is 17.7 Å². The lowest BCUT2D eigenvalue weighted by atomic mass is 9.96. The van der Waals surface area contributed by atoms with Crippen LogP contribution in [-0.4, -0.2) is 23.1 Å². The Morgan fingerprint density at radius 3 is 2.59 bits per heavy atom. The Kier molecular flexibility index (Phi) is 6.88. The van der Waals surface area contributed by atoms with Crippen molar-refractivity contribution in [2.45, 2.75) is 26.8 Å². The van der Waals surface area contributed by atoms with Gasteiger partial charge in [0.05, 0.1) is 34.4 Å². The van der Waals surface area contributed by atoms with Crippen LogP contribution >= 0.6 is 11.3 Å². The number of aromatic nitrogens is 1. The summed E-state index contributed by atoms with van der Waals surface area (Å²) in [5.41, 5.74) is 1.88. The Hall–Kier alpha value is -4.57. The summed E-state index contributed by atoms with van der Waals surface area (Å²) >= 11 is 1.13. The van der Waals surface area contributed by atoms with Gasteiger partial charge in [-0.05, 0) is 56.2 Å². The molecule has 0 spiro atoms. The SMILES string of the molecule is CCOC(=O)C1=C(C)N=c2s/c(=C\c3ccc(-c4cccc(C(=O)[O-])c4C)o3)c(=O)n2[C@@H]1c1ccc(F)cc1. The fraction of sp³-hybridized carbons (Fsp3) is 0.172. The van der Waals surface area contributed by atoms with E-state index < -0.39 is 29.4 Å². The zero-order valence-corrected chi connectivity index (χ0v) is 22.0. The van der Waals surface area contributed by atoms with Crippen molar-refractivity contribution in [1.29, 1.82) is 0 Å². The van der Waals surface area contributed by atoms with E-state index in [1.54, 1.807) is 51.1 Å². The summed E-state index contributed by atoms with van der Waals surface area (Å²) in [6, 6.07) is 12.9. The Balaban J connectivity index is 1.63. The van der Waals surface area contributed by atoms with Gasteiger partial charge in [-0.2, -0.15) is 0 Å². The number of halogens is 1. The highest BCUT2D eigenvalue weighted by molar-refractivity contribution is 7.07. The maximum atomic E-state index is 13.7. The first-order valence-corrected chi connectivity index (χ1v) is 12.9. The molecule has 198 valence electrons. The number of esters is 1. The molecule has 2 aromatic heterocycles. The van der Waals surface area contributed by atoms with E-state index in [0.29, 0.717) is 43.2 Å². The number of nitrogens with zero attached hydrogens (tertiary/aromatic N) is 2. The highest BCUT2D eigenvalue weighted by atomic mass is 32.1. The minimum absolute atomic E-state index is 0.0623. The van der Waals surface area contributed by atoms with Gasteiger partial charge in [-0.25, -0.2) is 14.2 Å². The minimum atomic E-state index is -1.28. The van der Waals surface area contributed by atoms with Gasteiger partial charge >= 0.3 is 5.97 Å². The number of rotatable bonds is 6. The quantitative estimate of drug-likeness (QED) is 0.344. The Labute approximate surface area is 225 Å². The largest absolute Gasteiger partial charge is 0.545 e. The van der Waals surface area contributed by atoms with Crippen molar-refractivity contribution in [2.75, 3.05) is 6.61 Å². The molecule has 3 heterocycles. The second kappa shape index (κ2) is 10.3. The second-order valence-corrected chi connectivity index (χ2v) is 9.83. The number of allylic oxidation sites excluding steroid dienone is 1. The molecule has 4 aromatic rings. The van der Waals surface area contributed by atoms with Crippen LogP contribution in [0.2, 0.25) is 0 Å². The molecule has 1 aliphatic heterocycles. The van der Waals surface area contributed by atoms with Crippen LogP contribution in [-0.2, 0) is 9.53 Å². The van der Waals surface area contributed by atoms with E-state index in [4.69, 9.17) is 9.15 Å². The molecule has 1 aliphatic rings. The number of carboxylic acid groups (broad SMARTS) is 1. The van der Waals surface area contributed by atoms with Gasteiger partial charge in [-0.3, -0.25) is 9.36 Å². The number of carbonyl (C=O) groups excluding carboxylic acids is 2. The van der Waals surface area contributed by atoms with Gasteiger partial charge < -0.3 is 19.1 Å². The smallest absolute Gasteiger partial charge is 0.338 e. The molecule has 0 radical (unpaired) electrons. The van der Waals surface area contributed by atoms with Gasteiger partial charge in [0, 0.05) is 17.2 Å². The molecule has 0 N–H and O–H groups in total. The maximum absolute atomic E-state index is 13.7. The molecule has 0 amide bonds. The molecule has 10 heteroatoms. The van der Waals surface area contributed by atoms with Crippen molar-refractivity contribution in [3.05, 3.63) is 114 Å². The van der Waals surface area contributed by atoms with Gasteiger partial charge in [0.15, 0.2) is 4.80 Å². The summed E-state index contributed by atoms with van der Waals surface area (Å²) < 4.78 is 26.6. The highest BCUT2D eigenvalue weighted by Crippen LogP contribution is 2.31. The highest BCUT2D eigenvalue weighted by Gasteiger charge is 2.33. The van der Waals surface area contributed by atoms with Gasteiger partial charge in [0.25, 0.3) is 5.56 Å². The molecule has 1 atom stereocenters. The summed E-state index contributed by atoms with van der Waals surface area (Å²) in [5.74, 6) is -1.53. The lowest BCUT2D eigenvalue weighted by Crippen LogP contribution is -2.39. The molecule has 39 heavy (non-hydrogen) atoms. The van der Waals surface area contributed by atoms with Crippen LogP contribution in [0.3, 0.4) is 0 Å². The van der Waals surface area contributed by atoms with Gasteiger partial charge in [0.2, 0.25) is 0 Å². The number of hydrogen-bond donors (Lipinski definition) is 0. The molecule has 2 aromatic carbocycles. The van der Waals surface area contributed by atoms with E-state index in [1.807, 2.05) is 0 Å². The minimum Gasteiger partial charge on any atom is -0.545 e. The summed E-state index contributed by atoms with van der Waals surface area (Å²) in [7, 11) is 0. The zero-order chi connectivity index (χ0) is 27.8. The molecule has 0 fully saturated rings. The van der Waals surface area contributed by atoms with Crippen LogP contribution in [0, 0.1) is 12.7 Å².